The van der Waals surface area contributed by atoms with E-state index in [1.165, 1.54) is 18.9 Å². The van der Waals surface area contributed by atoms with Crippen molar-refractivity contribution >= 4 is 22.8 Å². The van der Waals surface area contributed by atoms with Crippen LogP contribution < -0.4 is 5.32 Å². The van der Waals surface area contributed by atoms with Crippen molar-refractivity contribution < 1.29 is 22.4 Å². The fraction of sp³-hybridized carbons (Fsp3) is 0.240. The average Bonchev–Trinajstić information content (AvgIpc) is 3.49. The van der Waals surface area contributed by atoms with Gasteiger partial charge < -0.3 is 10.3 Å². The fourth-order valence-electron chi connectivity index (χ4n) is 4.28. The van der Waals surface area contributed by atoms with Gasteiger partial charge in [-0.15, -0.1) is 0 Å². The normalized spacial score (nSPS) is 14.5. The van der Waals surface area contributed by atoms with Crippen molar-refractivity contribution in [1.29, 1.82) is 0 Å². The minimum absolute atomic E-state index is 0.151. The number of aromatic amines is 1. The van der Waals surface area contributed by atoms with E-state index in [0.717, 1.165) is 37.3 Å². The van der Waals surface area contributed by atoms with E-state index in [-0.39, 0.29) is 16.9 Å². The Bertz CT molecular complexity index is 1380. The molecule has 2 aromatic carbocycles. The first-order valence-electron chi connectivity index (χ1n) is 11.1. The van der Waals surface area contributed by atoms with Crippen molar-refractivity contribution in [3.63, 3.8) is 0 Å². The first-order valence-corrected chi connectivity index (χ1v) is 11.1. The number of para-hydroxylation sites is 1. The first-order chi connectivity index (χ1) is 16.8. The number of pyridine rings is 1. The second-order valence-electron chi connectivity index (χ2n) is 8.46. The van der Waals surface area contributed by atoms with Crippen molar-refractivity contribution in [2.24, 2.45) is 0 Å². The molecule has 1 aliphatic rings. The summed E-state index contributed by atoms with van der Waals surface area (Å²) in [6, 6.07) is 10.5. The molecule has 0 atom stereocenters. The van der Waals surface area contributed by atoms with E-state index in [2.05, 4.69) is 25.2 Å². The number of nitrogens with zero attached hydrogens (tertiary/aromatic N) is 3. The Balaban J connectivity index is 1.41. The molecule has 4 aromatic rings. The molecule has 0 bridgehead atoms. The Kier molecular flexibility index (Phi) is 5.98. The van der Waals surface area contributed by atoms with Crippen LogP contribution in [-0.4, -0.2) is 38.8 Å². The highest BCUT2D eigenvalue weighted by molar-refractivity contribution is 6.11. The van der Waals surface area contributed by atoms with Crippen LogP contribution in [0.1, 0.15) is 34.3 Å². The van der Waals surface area contributed by atoms with Crippen LogP contribution in [-0.2, 0) is 12.7 Å². The van der Waals surface area contributed by atoms with Gasteiger partial charge in [-0.25, -0.2) is 14.4 Å². The average molecular weight is 483 g/mol. The number of imidazole rings is 1. The maximum atomic E-state index is 13.8. The topological polar surface area (TPSA) is 73.9 Å². The summed E-state index contributed by atoms with van der Waals surface area (Å²) in [6.07, 6.45) is -0.601. The van der Waals surface area contributed by atoms with Gasteiger partial charge in [0.05, 0.1) is 16.6 Å². The largest absolute Gasteiger partial charge is 0.417 e. The predicted octanol–water partition coefficient (Wildman–Crippen LogP) is 5.63. The molecule has 5 rings (SSSR count). The maximum absolute atomic E-state index is 13.8. The number of carbonyl (C=O) groups excluding carboxylic acids is 1. The Morgan fingerprint density at radius 2 is 1.89 bits per heavy atom. The molecule has 3 heterocycles. The van der Waals surface area contributed by atoms with Gasteiger partial charge in [0, 0.05) is 18.3 Å². The van der Waals surface area contributed by atoms with Crippen molar-refractivity contribution in [2.75, 3.05) is 18.4 Å². The summed E-state index contributed by atoms with van der Waals surface area (Å²) in [5.41, 5.74) is 0.247. The quantitative estimate of drug-likeness (QED) is 0.361. The zero-order valence-electron chi connectivity index (χ0n) is 18.5. The Morgan fingerprint density at radius 1 is 1.09 bits per heavy atom. The van der Waals surface area contributed by atoms with Crippen LogP contribution in [0.4, 0.5) is 23.4 Å². The zero-order valence-corrected chi connectivity index (χ0v) is 18.5. The van der Waals surface area contributed by atoms with Crippen molar-refractivity contribution in [1.82, 2.24) is 19.9 Å². The molecule has 0 spiro atoms. The molecule has 10 heteroatoms. The van der Waals surface area contributed by atoms with Gasteiger partial charge in [-0.1, -0.05) is 12.1 Å². The molecule has 1 fully saturated rings. The van der Waals surface area contributed by atoms with Crippen LogP contribution >= 0.6 is 0 Å². The van der Waals surface area contributed by atoms with Gasteiger partial charge in [-0.3, -0.25) is 9.69 Å². The molecule has 6 nitrogen and oxygen atoms in total. The third-order valence-corrected chi connectivity index (χ3v) is 5.97. The van der Waals surface area contributed by atoms with Crippen LogP contribution in [0, 0.1) is 5.82 Å². The highest BCUT2D eigenvalue weighted by Crippen LogP contribution is 2.37. The van der Waals surface area contributed by atoms with Crippen LogP contribution in [0.5, 0.6) is 0 Å². The molecule has 0 radical (unpaired) electrons. The Morgan fingerprint density at radius 3 is 2.60 bits per heavy atom. The monoisotopic (exact) mass is 483 g/mol. The summed E-state index contributed by atoms with van der Waals surface area (Å²) in [6.45, 7) is 2.93. The Labute approximate surface area is 198 Å². The SMILES string of the molecule is O=C(Nc1ccc(CN2CCCC2)cn1)c1cccc2[nH]c(-c3cc(F)ccc3C(F)(F)F)nc12. The van der Waals surface area contributed by atoms with E-state index in [1.807, 2.05) is 6.07 Å². The molecule has 180 valence electrons. The number of likely N-dealkylation sites (tertiary alicyclic amines) is 1. The number of amides is 1. The van der Waals surface area contributed by atoms with E-state index in [1.54, 1.807) is 24.4 Å². The van der Waals surface area contributed by atoms with Crippen LogP contribution in [0.25, 0.3) is 22.4 Å². The lowest BCUT2D eigenvalue weighted by atomic mass is 10.1. The third-order valence-electron chi connectivity index (χ3n) is 5.97. The van der Waals surface area contributed by atoms with Gasteiger partial charge in [-0.2, -0.15) is 13.2 Å². The molecule has 0 saturated carbocycles. The second kappa shape index (κ2) is 9.10. The zero-order chi connectivity index (χ0) is 24.6. The van der Waals surface area contributed by atoms with Gasteiger partial charge >= 0.3 is 6.18 Å². The number of halogens is 4. The lowest BCUT2D eigenvalue weighted by molar-refractivity contribution is -0.137. The van der Waals surface area contributed by atoms with Gasteiger partial charge in [-0.05, 0) is 67.9 Å². The fourth-order valence-corrected chi connectivity index (χ4v) is 4.28. The third kappa shape index (κ3) is 4.88. The Hall–Kier alpha value is -3.79. The van der Waals surface area contributed by atoms with Crippen LogP contribution in [0.3, 0.4) is 0 Å². The number of hydrogen-bond donors (Lipinski definition) is 2. The number of hydrogen-bond acceptors (Lipinski definition) is 4. The molecule has 2 aromatic heterocycles. The van der Waals surface area contributed by atoms with E-state index in [9.17, 15) is 22.4 Å². The summed E-state index contributed by atoms with van der Waals surface area (Å²) in [5.74, 6) is -1.18. The number of carbonyl (C=O) groups is 1. The number of anilines is 1. The number of H-pyrrole nitrogens is 1. The molecular formula is C25H21F4N5O. The van der Waals surface area contributed by atoms with E-state index in [4.69, 9.17) is 0 Å². The highest BCUT2D eigenvalue weighted by Gasteiger charge is 2.34. The number of aromatic nitrogens is 3. The second-order valence-corrected chi connectivity index (χ2v) is 8.46. The number of benzene rings is 2. The van der Waals surface area contributed by atoms with Crippen LogP contribution in [0.2, 0.25) is 0 Å². The van der Waals surface area contributed by atoms with E-state index >= 15 is 0 Å². The lowest BCUT2D eigenvalue weighted by Crippen LogP contribution is -2.18. The van der Waals surface area contributed by atoms with Crippen molar-refractivity contribution in [3.8, 4) is 11.4 Å². The minimum atomic E-state index is -4.70. The van der Waals surface area contributed by atoms with E-state index in [0.29, 0.717) is 17.4 Å². The summed E-state index contributed by atoms with van der Waals surface area (Å²) < 4.78 is 54.2. The predicted molar refractivity (Wildman–Crippen MR) is 123 cm³/mol. The molecule has 0 unspecified atom stereocenters. The van der Waals surface area contributed by atoms with Gasteiger partial charge in [0.25, 0.3) is 5.91 Å². The van der Waals surface area contributed by atoms with Gasteiger partial charge in [0.2, 0.25) is 0 Å². The molecular weight excluding hydrogens is 462 g/mol. The minimum Gasteiger partial charge on any atom is -0.338 e. The number of nitrogens with one attached hydrogen (secondary N) is 2. The van der Waals surface area contributed by atoms with Gasteiger partial charge in [0.15, 0.2) is 0 Å². The summed E-state index contributed by atoms with van der Waals surface area (Å²) in [5, 5.41) is 2.71. The molecule has 35 heavy (non-hydrogen) atoms. The van der Waals surface area contributed by atoms with Crippen molar-refractivity contribution in [2.45, 2.75) is 25.6 Å². The van der Waals surface area contributed by atoms with Gasteiger partial charge in [0.1, 0.15) is 23.0 Å². The summed E-state index contributed by atoms with van der Waals surface area (Å²) in [7, 11) is 0. The number of rotatable bonds is 5. The molecule has 1 aliphatic heterocycles. The molecule has 0 aliphatic carbocycles. The standard InChI is InChI=1S/C25H21F4N5O/c26-16-7-8-19(25(27,28)29)18(12-16)23-31-20-5-3-4-17(22(20)33-23)24(35)32-21-9-6-15(13-30-21)14-34-10-1-2-11-34/h3-9,12-13H,1-2,10-11,14H2,(H,31,33)(H,30,32,35). The molecule has 1 amide bonds. The van der Waals surface area contributed by atoms with E-state index < -0.39 is 29.0 Å². The molecule has 1 saturated heterocycles. The summed E-state index contributed by atoms with van der Waals surface area (Å²) in [4.78, 5) is 26.6. The molecule has 2 N–H and O–H groups in total. The van der Waals surface area contributed by atoms with Crippen LogP contribution in [0.15, 0.2) is 54.7 Å². The van der Waals surface area contributed by atoms with Crippen molar-refractivity contribution in [3.05, 3.63) is 77.2 Å². The first kappa shape index (κ1) is 23.0. The number of fused-ring (bicyclic) bond motifs is 1. The summed E-state index contributed by atoms with van der Waals surface area (Å²) >= 11 is 0. The maximum Gasteiger partial charge on any atom is 0.417 e. The lowest BCUT2D eigenvalue weighted by Gasteiger charge is -2.14. The number of alkyl halides is 3. The smallest absolute Gasteiger partial charge is 0.338 e. The highest BCUT2D eigenvalue weighted by atomic mass is 19.4.